The van der Waals surface area contributed by atoms with Gasteiger partial charge < -0.3 is 5.11 Å². The number of aliphatic hydroxyl groups is 1. The highest BCUT2D eigenvalue weighted by molar-refractivity contribution is 5.76. The number of allylic oxidation sites excluding steroid dienone is 4. The van der Waals surface area contributed by atoms with Crippen LogP contribution in [-0.4, -0.2) is 5.11 Å². The van der Waals surface area contributed by atoms with Crippen LogP contribution < -0.4 is 0 Å². The smallest absolute Gasteiger partial charge is 0.0937 e. The van der Waals surface area contributed by atoms with E-state index in [0.717, 1.165) is 11.1 Å². The molecule has 19 heavy (non-hydrogen) atoms. The average molecular weight is 248 g/mol. The highest BCUT2D eigenvalue weighted by Crippen LogP contribution is 2.33. The lowest BCUT2D eigenvalue weighted by Crippen LogP contribution is -2.03. The van der Waals surface area contributed by atoms with Crippen molar-refractivity contribution in [3.05, 3.63) is 89.7 Å². The standard InChI is InChI=1S/C18H16O/c19-18-12-16(14-7-3-1-4-8-14)11-17(13-18)15-9-5-2-6-10-15/h1-12,17,19H,13H2. The van der Waals surface area contributed by atoms with Crippen LogP contribution in [0.3, 0.4) is 0 Å². The Morgan fingerprint density at radius 1 is 0.842 bits per heavy atom. The fourth-order valence-corrected chi connectivity index (χ4v) is 2.51. The van der Waals surface area contributed by atoms with Gasteiger partial charge in [0, 0.05) is 12.3 Å². The van der Waals surface area contributed by atoms with Gasteiger partial charge in [0.1, 0.15) is 0 Å². The van der Waals surface area contributed by atoms with Crippen molar-refractivity contribution in [2.75, 3.05) is 0 Å². The van der Waals surface area contributed by atoms with Gasteiger partial charge in [-0.25, -0.2) is 0 Å². The van der Waals surface area contributed by atoms with Crippen molar-refractivity contribution >= 4 is 5.57 Å². The summed E-state index contributed by atoms with van der Waals surface area (Å²) in [6.07, 6.45) is 4.79. The Morgan fingerprint density at radius 3 is 2.16 bits per heavy atom. The van der Waals surface area contributed by atoms with Gasteiger partial charge in [-0.2, -0.15) is 0 Å². The zero-order valence-electron chi connectivity index (χ0n) is 10.7. The fourth-order valence-electron chi connectivity index (χ4n) is 2.51. The molecule has 0 aliphatic heterocycles. The molecular weight excluding hydrogens is 232 g/mol. The summed E-state index contributed by atoms with van der Waals surface area (Å²) in [5, 5.41) is 9.99. The second kappa shape index (κ2) is 5.15. The van der Waals surface area contributed by atoms with E-state index in [9.17, 15) is 5.11 Å². The molecule has 0 bridgehead atoms. The molecule has 1 nitrogen and oxygen atoms in total. The van der Waals surface area contributed by atoms with E-state index in [4.69, 9.17) is 0 Å². The molecule has 2 aromatic rings. The maximum absolute atomic E-state index is 9.99. The predicted molar refractivity (Wildman–Crippen MR) is 78.9 cm³/mol. The van der Waals surface area contributed by atoms with Crippen LogP contribution in [0, 0.1) is 0 Å². The van der Waals surface area contributed by atoms with Crippen LogP contribution in [0.4, 0.5) is 0 Å². The van der Waals surface area contributed by atoms with Crippen LogP contribution in [0.25, 0.3) is 5.57 Å². The molecular formula is C18H16O. The lowest BCUT2D eigenvalue weighted by molar-refractivity contribution is 0.380. The Balaban J connectivity index is 1.98. The van der Waals surface area contributed by atoms with E-state index < -0.39 is 0 Å². The molecule has 0 saturated carbocycles. The Morgan fingerprint density at radius 2 is 1.47 bits per heavy atom. The Bertz CT molecular complexity index is 609. The Labute approximate surface area is 113 Å². The first-order chi connectivity index (χ1) is 9.33. The molecule has 0 heterocycles. The zero-order valence-corrected chi connectivity index (χ0v) is 10.7. The van der Waals surface area contributed by atoms with Crippen molar-refractivity contribution < 1.29 is 5.11 Å². The van der Waals surface area contributed by atoms with E-state index in [1.807, 2.05) is 42.5 Å². The summed E-state index contributed by atoms with van der Waals surface area (Å²) in [5.74, 6) is 0.705. The van der Waals surface area contributed by atoms with Crippen molar-refractivity contribution in [3.8, 4) is 0 Å². The summed E-state index contributed by atoms with van der Waals surface area (Å²) >= 11 is 0. The highest BCUT2D eigenvalue weighted by Gasteiger charge is 2.17. The van der Waals surface area contributed by atoms with Crippen LogP contribution >= 0.6 is 0 Å². The molecule has 1 N–H and O–H groups in total. The molecule has 0 aromatic heterocycles. The highest BCUT2D eigenvalue weighted by atomic mass is 16.3. The van der Waals surface area contributed by atoms with Crippen molar-refractivity contribution in [2.45, 2.75) is 12.3 Å². The topological polar surface area (TPSA) is 20.2 Å². The second-order valence-corrected chi connectivity index (χ2v) is 4.85. The third kappa shape index (κ3) is 2.60. The van der Waals surface area contributed by atoms with Gasteiger partial charge in [0.15, 0.2) is 0 Å². The van der Waals surface area contributed by atoms with Crippen molar-refractivity contribution in [3.63, 3.8) is 0 Å². The first-order valence-electron chi connectivity index (χ1n) is 6.54. The Hall–Kier alpha value is -2.28. The normalized spacial score (nSPS) is 18.6. The van der Waals surface area contributed by atoms with Crippen molar-refractivity contribution in [2.24, 2.45) is 0 Å². The third-order valence-electron chi connectivity index (χ3n) is 3.47. The molecule has 1 aliphatic carbocycles. The van der Waals surface area contributed by atoms with Gasteiger partial charge in [-0.3, -0.25) is 0 Å². The number of hydrogen-bond acceptors (Lipinski definition) is 1. The SMILES string of the molecule is OC1=CC(c2ccccc2)=CC(c2ccccc2)C1. The molecule has 0 amide bonds. The second-order valence-electron chi connectivity index (χ2n) is 4.85. The number of aliphatic hydroxyl groups excluding tert-OH is 1. The fraction of sp³-hybridized carbons (Fsp3) is 0.111. The summed E-state index contributed by atoms with van der Waals surface area (Å²) in [6.45, 7) is 0. The van der Waals surface area contributed by atoms with E-state index in [1.54, 1.807) is 0 Å². The molecule has 3 rings (SSSR count). The van der Waals surface area contributed by atoms with Crippen LogP contribution in [0.15, 0.2) is 78.6 Å². The molecule has 0 spiro atoms. The monoisotopic (exact) mass is 248 g/mol. The summed E-state index contributed by atoms with van der Waals surface area (Å²) in [5.41, 5.74) is 3.49. The van der Waals surface area contributed by atoms with Crippen molar-refractivity contribution in [1.82, 2.24) is 0 Å². The minimum atomic E-state index is 0.251. The summed E-state index contributed by atoms with van der Waals surface area (Å²) in [7, 11) is 0. The third-order valence-corrected chi connectivity index (χ3v) is 3.47. The van der Waals surface area contributed by atoms with E-state index >= 15 is 0 Å². The van der Waals surface area contributed by atoms with Gasteiger partial charge in [0.05, 0.1) is 5.76 Å². The minimum absolute atomic E-state index is 0.251. The molecule has 2 aromatic carbocycles. The Kier molecular flexibility index (Phi) is 3.20. The minimum Gasteiger partial charge on any atom is -0.512 e. The van der Waals surface area contributed by atoms with Crippen LogP contribution in [0.1, 0.15) is 23.5 Å². The van der Waals surface area contributed by atoms with Gasteiger partial charge in [0.25, 0.3) is 0 Å². The number of rotatable bonds is 2. The number of hydrogen-bond donors (Lipinski definition) is 1. The van der Waals surface area contributed by atoms with E-state index in [0.29, 0.717) is 12.2 Å². The molecule has 1 unspecified atom stereocenters. The van der Waals surface area contributed by atoms with Crippen molar-refractivity contribution in [1.29, 1.82) is 0 Å². The van der Waals surface area contributed by atoms with Gasteiger partial charge >= 0.3 is 0 Å². The van der Waals surface area contributed by atoms with E-state index in [2.05, 4.69) is 30.3 Å². The lowest BCUT2D eigenvalue weighted by atomic mass is 9.86. The van der Waals surface area contributed by atoms with E-state index in [1.165, 1.54) is 5.56 Å². The van der Waals surface area contributed by atoms with Gasteiger partial charge in [-0.1, -0.05) is 66.7 Å². The molecule has 1 aliphatic rings. The molecule has 1 atom stereocenters. The predicted octanol–water partition coefficient (Wildman–Crippen LogP) is 4.70. The van der Waals surface area contributed by atoms with E-state index in [-0.39, 0.29) is 5.92 Å². The largest absolute Gasteiger partial charge is 0.512 e. The van der Waals surface area contributed by atoms with Gasteiger partial charge in [-0.05, 0) is 22.8 Å². The van der Waals surface area contributed by atoms with Crippen LogP contribution in [0.2, 0.25) is 0 Å². The molecule has 1 heteroatoms. The van der Waals surface area contributed by atoms with Crippen LogP contribution in [-0.2, 0) is 0 Å². The molecule has 0 saturated heterocycles. The maximum atomic E-state index is 9.99. The maximum Gasteiger partial charge on any atom is 0.0937 e. The average Bonchev–Trinajstić information content (AvgIpc) is 2.48. The molecule has 0 radical (unpaired) electrons. The molecule has 94 valence electrons. The van der Waals surface area contributed by atoms with Gasteiger partial charge in [0.2, 0.25) is 0 Å². The quantitative estimate of drug-likeness (QED) is 0.816. The number of benzene rings is 2. The molecule has 0 fully saturated rings. The van der Waals surface area contributed by atoms with Crippen LogP contribution in [0.5, 0.6) is 0 Å². The first kappa shape index (κ1) is 11.8. The zero-order chi connectivity index (χ0) is 13.1. The first-order valence-corrected chi connectivity index (χ1v) is 6.54. The summed E-state index contributed by atoms with van der Waals surface area (Å²) in [6, 6.07) is 20.5. The van der Waals surface area contributed by atoms with Gasteiger partial charge in [-0.15, -0.1) is 0 Å². The summed E-state index contributed by atoms with van der Waals surface area (Å²) < 4.78 is 0. The summed E-state index contributed by atoms with van der Waals surface area (Å²) in [4.78, 5) is 0. The lowest BCUT2D eigenvalue weighted by Gasteiger charge is -2.19.